The summed E-state index contributed by atoms with van der Waals surface area (Å²) in [4.78, 5) is 22.8. The van der Waals surface area contributed by atoms with Crippen LogP contribution in [0.4, 0.5) is 0 Å². The molecule has 20 heavy (non-hydrogen) atoms. The molecule has 0 aliphatic heterocycles. The van der Waals surface area contributed by atoms with Gasteiger partial charge in [0.05, 0.1) is 12.2 Å². The number of unbranched alkanes of at least 4 members (excludes halogenated alkanes) is 1. The molecule has 1 rings (SSSR count). The van der Waals surface area contributed by atoms with Gasteiger partial charge in [-0.15, -0.1) is 0 Å². The van der Waals surface area contributed by atoms with Crippen molar-refractivity contribution in [1.29, 1.82) is 0 Å². The van der Waals surface area contributed by atoms with Crippen molar-refractivity contribution in [2.24, 2.45) is 0 Å². The second-order valence-electron chi connectivity index (χ2n) is 4.22. The Bertz CT molecular complexity index is 430. The Morgan fingerprint density at radius 2 is 2.10 bits per heavy atom. The number of rotatable bonds is 9. The molecule has 1 atom stereocenters. The molecular weight excluding hydrogens is 260 g/mol. The summed E-state index contributed by atoms with van der Waals surface area (Å²) in [5.74, 6) is -0.568. The van der Waals surface area contributed by atoms with Crippen LogP contribution in [0.2, 0.25) is 0 Å². The molecule has 0 aliphatic carbocycles. The largest absolute Gasteiger partial charge is 0.425 e. The van der Waals surface area contributed by atoms with Gasteiger partial charge in [-0.3, -0.25) is 4.79 Å². The van der Waals surface area contributed by atoms with E-state index in [9.17, 15) is 9.59 Å². The second kappa shape index (κ2) is 9.23. The van der Waals surface area contributed by atoms with E-state index in [1.54, 1.807) is 12.1 Å². The maximum atomic E-state index is 12.0. The Balaban J connectivity index is 2.56. The highest BCUT2D eigenvalue weighted by molar-refractivity contribution is 5.91. The fourth-order valence-corrected chi connectivity index (χ4v) is 1.71. The van der Waals surface area contributed by atoms with E-state index in [0.717, 1.165) is 5.56 Å². The fraction of sp³-hybridized carbons (Fsp3) is 0.467. The zero-order valence-electron chi connectivity index (χ0n) is 11.6. The van der Waals surface area contributed by atoms with Crippen LogP contribution in [0.5, 0.6) is 0 Å². The van der Waals surface area contributed by atoms with E-state index in [-0.39, 0.29) is 13.2 Å². The van der Waals surface area contributed by atoms with Gasteiger partial charge in [-0.1, -0.05) is 25.1 Å². The number of hydrogen-bond acceptors (Lipinski definition) is 5. The molecule has 0 saturated carbocycles. The molecule has 0 radical (unpaired) electrons. The predicted octanol–water partition coefficient (Wildman–Crippen LogP) is 1.72. The van der Waals surface area contributed by atoms with Gasteiger partial charge in [-0.05, 0) is 30.9 Å². The van der Waals surface area contributed by atoms with Gasteiger partial charge in [0.1, 0.15) is 0 Å². The van der Waals surface area contributed by atoms with Crippen LogP contribution < -0.4 is 0 Å². The van der Waals surface area contributed by atoms with Crippen molar-refractivity contribution in [3.63, 3.8) is 0 Å². The van der Waals surface area contributed by atoms with Gasteiger partial charge in [0.15, 0.2) is 6.29 Å². The summed E-state index contributed by atoms with van der Waals surface area (Å²) in [5, 5.41) is 8.63. The highest BCUT2D eigenvalue weighted by Crippen LogP contribution is 2.12. The van der Waals surface area contributed by atoms with E-state index < -0.39 is 12.3 Å². The van der Waals surface area contributed by atoms with Crippen LogP contribution in [-0.4, -0.2) is 36.9 Å². The summed E-state index contributed by atoms with van der Waals surface area (Å²) in [7, 11) is 0. The monoisotopic (exact) mass is 280 g/mol. The minimum atomic E-state index is -1.20. The number of aldehydes is 1. The average Bonchev–Trinajstić information content (AvgIpc) is 2.50. The van der Waals surface area contributed by atoms with Crippen LogP contribution in [0.25, 0.3) is 0 Å². The summed E-state index contributed by atoms with van der Waals surface area (Å²) in [6, 6.07) is 7.09. The third-order valence-corrected chi connectivity index (χ3v) is 2.79. The summed E-state index contributed by atoms with van der Waals surface area (Å²) in [5.41, 5.74) is 1.31. The number of hydrogen-bond donors (Lipinski definition) is 1. The average molecular weight is 280 g/mol. The first-order valence-corrected chi connectivity index (χ1v) is 6.69. The summed E-state index contributed by atoms with van der Waals surface area (Å²) in [6.07, 6.45) is 1.13. The Morgan fingerprint density at radius 3 is 2.75 bits per heavy atom. The van der Waals surface area contributed by atoms with E-state index in [0.29, 0.717) is 31.1 Å². The number of aryl methyl sites for hydroxylation is 1. The zero-order chi connectivity index (χ0) is 14.8. The summed E-state index contributed by atoms with van der Waals surface area (Å²) < 4.78 is 10.2. The fourth-order valence-electron chi connectivity index (χ4n) is 1.71. The Labute approximate surface area is 118 Å². The molecule has 1 aromatic carbocycles. The van der Waals surface area contributed by atoms with Crippen molar-refractivity contribution in [1.82, 2.24) is 0 Å². The van der Waals surface area contributed by atoms with Crippen molar-refractivity contribution >= 4 is 12.3 Å². The molecule has 1 unspecified atom stereocenters. The zero-order valence-corrected chi connectivity index (χ0v) is 11.6. The van der Waals surface area contributed by atoms with E-state index in [2.05, 4.69) is 0 Å². The topological polar surface area (TPSA) is 72.8 Å². The van der Waals surface area contributed by atoms with Crippen LogP contribution in [0.1, 0.15) is 35.7 Å². The molecular formula is C15H20O5. The molecule has 5 nitrogen and oxygen atoms in total. The molecule has 110 valence electrons. The third-order valence-electron chi connectivity index (χ3n) is 2.79. The van der Waals surface area contributed by atoms with E-state index in [4.69, 9.17) is 14.6 Å². The van der Waals surface area contributed by atoms with Crippen LogP contribution in [0, 0.1) is 0 Å². The molecule has 5 heteroatoms. The van der Waals surface area contributed by atoms with Gasteiger partial charge in [0.2, 0.25) is 0 Å². The molecule has 0 heterocycles. The standard InChI is InChI=1S/C15H20O5/c1-2-12-7-3-4-8-13(12)15(18)20-14(11-17)19-10-6-5-9-16/h3-4,7-8,11,14,16H,2,5-6,9-10H2,1H3. The normalized spacial score (nSPS) is 11.9. The van der Waals surface area contributed by atoms with Crippen molar-refractivity contribution in [3.8, 4) is 0 Å². The molecule has 0 aromatic heterocycles. The lowest BCUT2D eigenvalue weighted by atomic mass is 10.1. The number of benzene rings is 1. The molecule has 0 amide bonds. The van der Waals surface area contributed by atoms with E-state index in [1.807, 2.05) is 19.1 Å². The number of esters is 1. The maximum absolute atomic E-state index is 12.0. The lowest BCUT2D eigenvalue weighted by Crippen LogP contribution is -2.24. The first-order chi connectivity index (χ1) is 9.72. The molecule has 0 fully saturated rings. The first-order valence-electron chi connectivity index (χ1n) is 6.69. The maximum Gasteiger partial charge on any atom is 0.341 e. The number of carbonyl (C=O) groups is 2. The SMILES string of the molecule is CCc1ccccc1C(=O)OC(C=O)OCCCCO. The van der Waals surface area contributed by atoms with Gasteiger partial charge in [-0.2, -0.15) is 0 Å². The van der Waals surface area contributed by atoms with Crippen molar-refractivity contribution in [3.05, 3.63) is 35.4 Å². The highest BCUT2D eigenvalue weighted by Gasteiger charge is 2.17. The lowest BCUT2D eigenvalue weighted by molar-refractivity contribution is -0.144. The van der Waals surface area contributed by atoms with Crippen LogP contribution in [0.3, 0.4) is 0 Å². The van der Waals surface area contributed by atoms with Gasteiger partial charge < -0.3 is 14.6 Å². The number of ether oxygens (including phenoxy) is 2. The van der Waals surface area contributed by atoms with E-state index in [1.165, 1.54) is 0 Å². The minimum Gasteiger partial charge on any atom is -0.425 e. The molecule has 0 bridgehead atoms. The Hall–Kier alpha value is -1.72. The minimum absolute atomic E-state index is 0.0682. The molecule has 0 saturated heterocycles. The Morgan fingerprint density at radius 1 is 1.35 bits per heavy atom. The second-order valence-corrected chi connectivity index (χ2v) is 4.22. The Kier molecular flexibility index (Phi) is 7.54. The predicted molar refractivity (Wildman–Crippen MR) is 73.4 cm³/mol. The van der Waals surface area contributed by atoms with Crippen molar-refractivity contribution in [2.45, 2.75) is 32.5 Å². The highest BCUT2D eigenvalue weighted by atomic mass is 16.7. The molecule has 1 N–H and O–H groups in total. The van der Waals surface area contributed by atoms with Gasteiger partial charge >= 0.3 is 5.97 Å². The van der Waals surface area contributed by atoms with Gasteiger partial charge in [0.25, 0.3) is 6.29 Å². The smallest absolute Gasteiger partial charge is 0.341 e. The van der Waals surface area contributed by atoms with Gasteiger partial charge in [-0.25, -0.2) is 4.79 Å². The summed E-state index contributed by atoms with van der Waals surface area (Å²) >= 11 is 0. The van der Waals surface area contributed by atoms with Crippen LogP contribution in [0.15, 0.2) is 24.3 Å². The number of carbonyl (C=O) groups excluding carboxylic acids is 2. The third kappa shape index (κ3) is 5.11. The van der Waals surface area contributed by atoms with Crippen molar-refractivity contribution < 1.29 is 24.2 Å². The first kappa shape index (κ1) is 16.3. The lowest BCUT2D eigenvalue weighted by Gasteiger charge is -2.14. The van der Waals surface area contributed by atoms with Crippen LogP contribution in [-0.2, 0) is 20.7 Å². The molecule has 1 aromatic rings. The van der Waals surface area contributed by atoms with Crippen LogP contribution >= 0.6 is 0 Å². The number of aliphatic hydroxyl groups excluding tert-OH is 1. The summed E-state index contributed by atoms with van der Waals surface area (Å²) in [6.45, 7) is 2.26. The number of aliphatic hydroxyl groups is 1. The molecule has 0 aliphatic rings. The van der Waals surface area contributed by atoms with E-state index >= 15 is 0 Å². The van der Waals surface area contributed by atoms with Gasteiger partial charge in [0, 0.05) is 6.61 Å². The quantitative estimate of drug-likeness (QED) is 0.323. The molecule has 0 spiro atoms. The van der Waals surface area contributed by atoms with Crippen molar-refractivity contribution in [2.75, 3.05) is 13.2 Å².